The van der Waals surface area contributed by atoms with Crippen LogP contribution in [0.5, 0.6) is 5.75 Å². The van der Waals surface area contributed by atoms with Crippen molar-refractivity contribution in [2.45, 2.75) is 70.2 Å². The van der Waals surface area contributed by atoms with Crippen LogP contribution < -0.4 is 4.74 Å². The van der Waals surface area contributed by atoms with Crippen LogP contribution in [0, 0.1) is 12.3 Å². The monoisotopic (exact) mass is 713 g/mol. The van der Waals surface area contributed by atoms with Crippen LogP contribution in [0.1, 0.15) is 71.7 Å². The molecule has 12 heteroatoms. The summed E-state index contributed by atoms with van der Waals surface area (Å²) in [6.07, 6.45) is -5.51. The molecule has 3 aromatic carbocycles. The third kappa shape index (κ3) is 7.64. The smallest absolute Gasteiger partial charge is 0.416 e. The summed E-state index contributed by atoms with van der Waals surface area (Å²) in [6.45, 7) is 11.6. The number of fused-ring (bicyclic) bond motifs is 1. The highest BCUT2D eigenvalue weighted by Gasteiger charge is 2.56. The molecule has 6 nitrogen and oxygen atoms in total. The fourth-order valence-corrected chi connectivity index (χ4v) is 7.35. The predicted octanol–water partition coefficient (Wildman–Crippen LogP) is 9.52. The fraction of sp³-hybridized carbons (Fsp3) is 0.385. The Kier molecular flexibility index (Phi) is 10.6. The lowest BCUT2D eigenvalue weighted by Crippen LogP contribution is -2.57. The van der Waals surface area contributed by atoms with Crippen molar-refractivity contribution in [1.82, 2.24) is 14.7 Å². The molecular weight excluding hydrogens is 672 g/mol. The molecule has 3 unspecified atom stereocenters. The van der Waals surface area contributed by atoms with E-state index < -0.39 is 53.1 Å². The Morgan fingerprint density at radius 2 is 1.57 bits per heavy atom. The number of hydrogen-bond donors (Lipinski definition) is 0. The molecular formula is C39H41F6N3O3. The van der Waals surface area contributed by atoms with Gasteiger partial charge >= 0.3 is 18.4 Å². The first-order chi connectivity index (χ1) is 24.0. The molecule has 2 fully saturated rings. The van der Waals surface area contributed by atoms with Gasteiger partial charge in [-0.1, -0.05) is 48.6 Å². The van der Waals surface area contributed by atoms with Crippen LogP contribution >= 0.6 is 0 Å². The van der Waals surface area contributed by atoms with Gasteiger partial charge in [0.2, 0.25) is 5.91 Å². The van der Waals surface area contributed by atoms with Crippen molar-refractivity contribution in [3.63, 3.8) is 0 Å². The third-order valence-electron chi connectivity index (χ3n) is 10.1. The summed E-state index contributed by atoms with van der Waals surface area (Å²) >= 11 is 0. The summed E-state index contributed by atoms with van der Waals surface area (Å²) in [5.41, 5.74) is -1.54. The van der Waals surface area contributed by atoms with E-state index in [0.29, 0.717) is 43.8 Å². The molecule has 0 aromatic heterocycles. The van der Waals surface area contributed by atoms with E-state index in [9.17, 15) is 35.9 Å². The van der Waals surface area contributed by atoms with Crippen LogP contribution in [0.3, 0.4) is 0 Å². The van der Waals surface area contributed by atoms with E-state index in [4.69, 9.17) is 4.74 Å². The van der Waals surface area contributed by atoms with Gasteiger partial charge in [-0.25, -0.2) is 4.79 Å². The van der Waals surface area contributed by atoms with E-state index in [1.807, 2.05) is 49.4 Å². The maximum Gasteiger partial charge on any atom is 0.416 e. The molecule has 272 valence electrons. The predicted molar refractivity (Wildman–Crippen MR) is 182 cm³/mol. The van der Waals surface area contributed by atoms with Gasteiger partial charge in [0.15, 0.2) is 0 Å². The average molecular weight is 714 g/mol. The molecule has 0 bridgehead atoms. The van der Waals surface area contributed by atoms with Gasteiger partial charge in [0.1, 0.15) is 12.4 Å². The maximum atomic E-state index is 14.4. The van der Waals surface area contributed by atoms with E-state index in [-0.39, 0.29) is 30.6 Å². The highest BCUT2D eigenvalue weighted by molar-refractivity contribution is 5.87. The molecule has 0 aliphatic carbocycles. The quantitative estimate of drug-likeness (QED) is 0.155. The van der Waals surface area contributed by atoms with Gasteiger partial charge in [0.25, 0.3) is 0 Å². The van der Waals surface area contributed by atoms with Crippen molar-refractivity contribution in [2.24, 2.45) is 5.41 Å². The molecule has 5 rings (SSSR count). The SMILES string of the molecule is C=CCC1(CC=C)CC2C(c3ccc(OCc4ccccc4)cc3C)N(C(=O)N(C)C(C)c3cc(C(F)(F)F)cc(C(F)(F)F)c3)CCN2C1=O. The summed E-state index contributed by atoms with van der Waals surface area (Å²) in [5.74, 6) is 0.520. The lowest BCUT2D eigenvalue weighted by atomic mass is 9.76. The Balaban J connectivity index is 1.52. The van der Waals surface area contributed by atoms with Crippen molar-refractivity contribution < 1.29 is 40.7 Å². The summed E-state index contributed by atoms with van der Waals surface area (Å²) in [4.78, 5) is 33.0. The number of allylic oxidation sites excluding steroid dienone is 2. The molecule has 2 aliphatic heterocycles. The number of rotatable bonds is 10. The molecule has 51 heavy (non-hydrogen) atoms. The van der Waals surface area contributed by atoms with Gasteiger partial charge in [-0.05, 0) is 85.7 Å². The molecule has 2 aliphatic rings. The van der Waals surface area contributed by atoms with Crippen molar-refractivity contribution in [2.75, 3.05) is 20.1 Å². The summed E-state index contributed by atoms with van der Waals surface area (Å²) in [6, 6.07) is 13.5. The number of carbonyl (C=O) groups excluding carboxylic acids is 2. The standard InChI is InChI=1S/C39H41F6N3O3/c1-6-15-37(16-7-2)23-33-34(32-14-13-31(19-25(32)3)51-24-27-11-9-8-10-12-27)48(18-17-47(33)35(37)49)36(50)46(5)26(4)28-20-29(38(40,41)42)22-30(21-28)39(43,44)45/h6-14,19-22,26,33-34H,1-2,15-18,23-24H2,3-5H3. The Morgan fingerprint density at radius 1 is 0.961 bits per heavy atom. The highest BCUT2D eigenvalue weighted by atomic mass is 19.4. The third-order valence-corrected chi connectivity index (χ3v) is 10.1. The van der Waals surface area contributed by atoms with Crippen LogP contribution in [0.2, 0.25) is 0 Å². The van der Waals surface area contributed by atoms with Crippen LogP contribution in [-0.4, -0.2) is 52.8 Å². The fourth-order valence-electron chi connectivity index (χ4n) is 7.35. The second kappa shape index (κ2) is 14.5. The Bertz CT molecular complexity index is 1730. The van der Waals surface area contributed by atoms with Gasteiger partial charge < -0.3 is 19.4 Å². The van der Waals surface area contributed by atoms with Gasteiger partial charge in [-0.3, -0.25) is 4.79 Å². The molecule has 0 radical (unpaired) electrons. The number of ether oxygens (including phenoxy) is 1. The number of amides is 3. The van der Waals surface area contributed by atoms with E-state index in [1.54, 1.807) is 28.0 Å². The molecule has 0 saturated carbocycles. The minimum atomic E-state index is -5.04. The van der Waals surface area contributed by atoms with E-state index >= 15 is 0 Å². The molecule has 2 saturated heterocycles. The van der Waals surface area contributed by atoms with Crippen molar-refractivity contribution in [3.8, 4) is 5.75 Å². The van der Waals surface area contributed by atoms with Crippen molar-refractivity contribution >= 4 is 11.9 Å². The first-order valence-corrected chi connectivity index (χ1v) is 16.6. The van der Waals surface area contributed by atoms with Gasteiger partial charge in [-0.2, -0.15) is 26.3 Å². The van der Waals surface area contributed by atoms with Crippen molar-refractivity contribution in [3.05, 3.63) is 125 Å². The molecule has 0 N–H and O–H groups in total. The average Bonchev–Trinajstić information content (AvgIpc) is 3.36. The number of hydrogen-bond acceptors (Lipinski definition) is 3. The number of piperazine rings is 1. The summed E-state index contributed by atoms with van der Waals surface area (Å²) < 4.78 is 88.3. The number of alkyl halides is 6. The molecule has 3 atom stereocenters. The zero-order valence-corrected chi connectivity index (χ0v) is 28.7. The molecule has 2 heterocycles. The second-order valence-corrected chi connectivity index (χ2v) is 13.4. The number of benzene rings is 3. The lowest BCUT2D eigenvalue weighted by Gasteiger charge is -2.47. The van der Waals surface area contributed by atoms with Crippen LogP contribution in [0.4, 0.5) is 31.1 Å². The minimum absolute atomic E-state index is 0.0686. The van der Waals surface area contributed by atoms with Gasteiger partial charge in [0.05, 0.1) is 34.7 Å². The number of urea groups is 1. The topological polar surface area (TPSA) is 53.1 Å². The summed E-state index contributed by atoms with van der Waals surface area (Å²) in [5, 5.41) is 0. The molecule has 0 spiro atoms. The van der Waals surface area contributed by atoms with E-state index in [0.717, 1.165) is 21.6 Å². The first-order valence-electron chi connectivity index (χ1n) is 16.6. The highest BCUT2D eigenvalue weighted by Crippen LogP contribution is 2.50. The zero-order valence-electron chi connectivity index (χ0n) is 28.7. The second-order valence-electron chi connectivity index (χ2n) is 13.4. The van der Waals surface area contributed by atoms with Crippen LogP contribution in [0.25, 0.3) is 0 Å². The normalized spacial score (nSPS) is 19.4. The number of nitrogens with zero attached hydrogens (tertiary/aromatic N) is 3. The Labute approximate surface area is 294 Å². The van der Waals surface area contributed by atoms with Gasteiger partial charge in [0, 0.05) is 20.1 Å². The lowest BCUT2D eigenvalue weighted by molar-refractivity contribution is -0.143. The maximum absolute atomic E-state index is 14.4. The Hall–Kier alpha value is -4.74. The summed E-state index contributed by atoms with van der Waals surface area (Å²) in [7, 11) is 1.36. The van der Waals surface area contributed by atoms with Crippen LogP contribution in [-0.2, 0) is 23.8 Å². The van der Waals surface area contributed by atoms with Crippen molar-refractivity contribution in [1.29, 1.82) is 0 Å². The van der Waals surface area contributed by atoms with E-state index in [1.165, 1.54) is 14.0 Å². The van der Waals surface area contributed by atoms with Gasteiger partial charge in [-0.15, -0.1) is 13.2 Å². The van der Waals surface area contributed by atoms with E-state index in [2.05, 4.69) is 13.2 Å². The number of carbonyl (C=O) groups is 2. The largest absolute Gasteiger partial charge is 0.489 e. The first kappa shape index (κ1) is 37.5. The number of aryl methyl sites for hydroxylation is 1. The molecule has 3 aromatic rings. The minimum Gasteiger partial charge on any atom is -0.489 e. The number of halogens is 6. The molecule has 3 amide bonds. The Morgan fingerprint density at radius 3 is 2.12 bits per heavy atom. The zero-order chi connectivity index (χ0) is 37.3. The van der Waals surface area contributed by atoms with Crippen LogP contribution in [0.15, 0.2) is 92.0 Å².